The smallest absolute Gasteiger partial charge is 0.226 e. The molecule has 0 saturated heterocycles. The second kappa shape index (κ2) is 8.61. The first-order valence-electron chi connectivity index (χ1n) is 9.52. The number of halogens is 2. The van der Waals surface area contributed by atoms with Crippen molar-refractivity contribution in [3.63, 3.8) is 0 Å². The van der Waals surface area contributed by atoms with Gasteiger partial charge in [-0.15, -0.1) is 0 Å². The van der Waals surface area contributed by atoms with E-state index >= 15 is 0 Å². The summed E-state index contributed by atoms with van der Waals surface area (Å²) in [5.41, 5.74) is 2.86. The Labute approximate surface area is 189 Å². The zero-order chi connectivity index (χ0) is 22.1. The highest BCUT2D eigenvalue weighted by molar-refractivity contribution is 6.35. The molecule has 0 amide bonds. The molecule has 1 aliphatic heterocycles. The molecule has 0 spiro atoms. The van der Waals surface area contributed by atoms with Crippen LogP contribution in [0, 0.1) is 0 Å². The van der Waals surface area contributed by atoms with E-state index in [2.05, 4.69) is 15.4 Å². The molecule has 3 aromatic rings. The fraction of sp³-hybridized carbons (Fsp3) is 0.227. The van der Waals surface area contributed by atoms with Crippen LogP contribution in [-0.4, -0.2) is 27.7 Å². The van der Waals surface area contributed by atoms with E-state index in [0.29, 0.717) is 38.6 Å². The zero-order valence-electron chi connectivity index (χ0n) is 17.1. The molecule has 4 rings (SSSR count). The van der Waals surface area contributed by atoms with Crippen molar-refractivity contribution in [3.8, 4) is 11.5 Å². The minimum absolute atomic E-state index is 0.0520. The van der Waals surface area contributed by atoms with Crippen molar-refractivity contribution in [2.24, 2.45) is 0 Å². The lowest BCUT2D eigenvalue weighted by molar-refractivity contribution is -0.114. The molecule has 9 heteroatoms. The number of hydrogen-bond donors (Lipinski definition) is 1. The second-order valence-electron chi connectivity index (χ2n) is 7.05. The summed E-state index contributed by atoms with van der Waals surface area (Å²) < 4.78 is 13.2. The third-order valence-corrected chi connectivity index (χ3v) is 5.82. The number of ether oxygens (including phenoxy) is 2. The first kappa shape index (κ1) is 21.2. The Morgan fingerprint density at radius 2 is 1.94 bits per heavy atom. The van der Waals surface area contributed by atoms with E-state index < -0.39 is 6.04 Å². The summed E-state index contributed by atoms with van der Waals surface area (Å²) in [5.74, 6) is 1.56. The molecule has 2 aromatic carbocycles. The van der Waals surface area contributed by atoms with Crippen LogP contribution in [0.15, 0.2) is 54.0 Å². The summed E-state index contributed by atoms with van der Waals surface area (Å²) in [4.78, 5) is 16.7. The van der Waals surface area contributed by atoms with Gasteiger partial charge in [0.15, 0.2) is 17.3 Å². The standard InChI is InChI=1S/C22H20Cl2N4O3/c1-12-20(13(2)29)21(28-22(27-12)25-11-26-28)14-7-8-18(19(9-14)30-3)31-10-15-16(23)5-4-6-17(15)24/h4-9,11,21H,10H2,1-3H3,(H,25,26,27). The van der Waals surface area contributed by atoms with E-state index in [9.17, 15) is 4.79 Å². The monoisotopic (exact) mass is 458 g/mol. The highest BCUT2D eigenvalue weighted by Gasteiger charge is 2.32. The van der Waals surface area contributed by atoms with Crippen molar-refractivity contribution in [1.29, 1.82) is 0 Å². The molecule has 0 aliphatic carbocycles. The summed E-state index contributed by atoms with van der Waals surface area (Å²) in [6.07, 6.45) is 1.45. The molecule has 1 aromatic heterocycles. The van der Waals surface area contributed by atoms with Gasteiger partial charge < -0.3 is 14.8 Å². The number of rotatable bonds is 6. The van der Waals surface area contributed by atoms with Crippen LogP contribution in [0.3, 0.4) is 0 Å². The Balaban J connectivity index is 1.69. The molecule has 2 heterocycles. The van der Waals surface area contributed by atoms with E-state index in [4.69, 9.17) is 32.7 Å². The number of hydrogen-bond acceptors (Lipinski definition) is 6. The van der Waals surface area contributed by atoms with Crippen LogP contribution in [0.2, 0.25) is 10.0 Å². The van der Waals surface area contributed by atoms with Gasteiger partial charge in [0.1, 0.15) is 19.0 Å². The number of anilines is 1. The summed E-state index contributed by atoms with van der Waals surface area (Å²) in [7, 11) is 1.56. The predicted molar refractivity (Wildman–Crippen MR) is 119 cm³/mol. The molecule has 1 aliphatic rings. The molecule has 1 atom stereocenters. The number of Topliss-reactive ketones (excluding diaryl/α,β-unsaturated/α-hetero) is 1. The quantitative estimate of drug-likeness (QED) is 0.556. The van der Waals surface area contributed by atoms with E-state index in [-0.39, 0.29) is 12.4 Å². The lowest BCUT2D eigenvalue weighted by Gasteiger charge is -2.28. The number of nitrogens with one attached hydrogen (secondary N) is 1. The van der Waals surface area contributed by atoms with Crippen LogP contribution in [-0.2, 0) is 11.4 Å². The fourth-order valence-electron chi connectivity index (χ4n) is 3.65. The van der Waals surface area contributed by atoms with Crippen LogP contribution in [0.4, 0.5) is 5.95 Å². The Morgan fingerprint density at radius 1 is 1.19 bits per heavy atom. The number of benzene rings is 2. The van der Waals surface area contributed by atoms with Crippen molar-refractivity contribution in [1.82, 2.24) is 14.8 Å². The molecule has 7 nitrogen and oxygen atoms in total. The Hall–Kier alpha value is -3.03. The predicted octanol–water partition coefficient (Wildman–Crippen LogP) is 5.05. The van der Waals surface area contributed by atoms with Gasteiger partial charge in [-0.05, 0) is 43.7 Å². The molecule has 0 bridgehead atoms. The first-order valence-corrected chi connectivity index (χ1v) is 10.3. The van der Waals surface area contributed by atoms with Crippen LogP contribution in [0.25, 0.3) is 0 Å². The van der Waals surface area contributed by atoms with Crippen LogP contribution in [0.1, 0.15) is 31.0 Å². The number of aromatic nitrogens is 3. The van der Waals surface area contributed by atoms with E-state index in [0.717, 1.165) is 11.3 Å². The molecule has 0 fully saturated rings. The molecule has 31 heavy (non-hydrogen) atoms. The maximum absolute atomic E-state index is 12.4. The molecule has 0 saturated carbocycles. The maximum atomic E-state index is 12.4. The maximum Gasteiger partial charge on any atom is 0.226 e. The molecule has 0 radical (unpaired) electrons. The Bertz CT molecular complexity index is 1170. The lowest BCUT2D eigenvalue weighted by Crippen LogP contribution is -2.27. The second-order valence-corrected chi connectivity index (χ2v) is 7.86. The molecule has 1 unspecified atom stereocenters. The summed E-state index contributed by atoms with van der Waals surface area (Å²) in [6, 6.07) is 10.4. The number of methoxy groups -OCH3 is 1. The number of carbonyl (C=O) groups is 1. The number of ketones is 1. The number of allylic oxidation sites excluding steroid dienone is 2. The highest BCUT2D eigenvalue weighted by Crippen LogP contribution is 2.39. The van der Waals surface area contributed by atoms with Gasteiger partial charge in [0.2, 0.25) is 5.95 Å². The van der Waals surface area contributed by atoms with Gasteiger partial charge >= 0.3 is 0 Å². The third kappa shape index (κ3) is 3.98. The van der Waals surface area contributed by atoms with Gasteiger partial charge in [-0.1, -0.05) is 35.3 Å². The fourth-order valence-corrected chi connectivity index (χ4v) is 4.16. The van der Waals surface area contributed by atoms with Gasteiger partial charge in [0, 0.05) is 26.9 Å². The normalized spacial score (nSPS) is 15.3. The topological polar surface area (TPSA) is 78.3 Å². The van der Waals surface area contributed by atoms with E-state index in [1.165, 1.54) is 13.3 Å². The van der Waals surface area contributed by atoms with Gasteiger partial charge in [0.25, 0.3) is 0 Å². The minimum Gasteiger partial charge on any atom is -0.493 e. The van der Waals surface area contributed by atoms with E-state index in [1.807, 2.05) is 19.1 Å². The van der Waals surface area contributed by atoms with Crippen LogP contribution in [0.5, 0.6) is 11.5 Å². The number of nitrogens with zero attached hydrogens (tertiary/aromatic N) is 3. The van der Waals surface area contributed by atoms with E-state index in [1.54, 1.807) is 36.1 Å². The van der Waals surface area contributed by atoms with Crippen molar-refractivity contribution < 1.29 is 14.3 Å². The molecule has 1 N–H and O–H groups in total. The van der Waals surface area contributed by atoms with Crippen LogP contribution < -0.4 is 14.8 Å². The van der Waals surface area contributed by atoms with Crippen LogP contribution >= 0.6 is 23.2 Å². The van der Waals surface area contributed by atoms with Gasteiger partial charge in [-0.2, -0.15) is 10.1 Å². The summed E-state index contributed by atoms with van der Waals surface area (Å²) >= 11 is 12.5. The number of carbonyl (C=O) groups excluding carboxylic acids is 1. The average molecular weight is 459 g/mol. The van der Waals surface area contributed by atoms with Crippen molar-refractivity contribution in [3.05, 3.63) is 75.2 Å². The van der Waals surface area contributed by atoms with Gasteiger partial charge in [-0.3, -0.25) is 4.79 Å². The molecule has 160 valence electrons. The molecular weight excluding hydrogens is 439 g/mol. The third-order valence-electron chi connectivity index (χ3n) is 5.11. The Kier molecular flexibility index (Phi) is 5.89. The summed E-state index contributed by atoms with van der Waals surface area (Å²) in [6.45, 7) is 3.58. The highest BCUT2D eigenvalue weighted by atomic mass is 35.5. The molecular formula is C22H20Cl2N4O3. The minimum atomic E-state index is -0.433. The van der Waals surface area contributed by atoms with Crippen molar-refractivity contribution in [2.75, 3.05) is 12.4 Å². The van der Waals surface area contributed by atoms with Gasteiger partial charge in [0.05, 0.1) is 7.11 Å². The first-order chi connectivity index (χ1) is 14.9. The Morgan fingerprint density at radius 3 is 2.61 bits per heavy atom. The average Bonchev–Trinajstić information content (AvgIpc) is 3.20. The van der Waals surface area contributed by atoms with Crippen molar-refractivity contribution in [2.45, 2.75) is 26.5 Å². The van der Waals surface area contributed by atoms with Gasteiger partial charge in [-0.25, -0.2) is 4.68 Å². The lowest BCUT2D eigenvalue weighted by atomic mass is 9.93. The summed E-state index contributed by atoms with van der Waals surface area (Å²) in [5, 5.41) is 8.50. The van der Waals surface area contributed by atoms with Crippen molar-refractivity contribution >= 4 is 34.9 Å². The SMILES string of the molecule is COc1cc(C2C(C(C)=O)=C(C)Nc3ncnn32)ccc1OCc1c(Cl)cccc1Cl. The number of fused-ring (bicyclic) bond motifs is 1. The zero-order valence-corrected chi connectivity index (χ0v) is 18.7. The largest absolute Gasteiger partial charge is 0.493 e.